The Kier molecular flexibility index (Phi) is 69.8. The maximum Gasteiger partial charge on any atom is -0.0279 e. The van der Waals surface area contributed by atoms with Crippen LogP contribution in [0.1, 0.15) is 284 Å². The highest BCUT2D eigenvalue weighted by Crippen LogP contribution is 2.08. The first-order chi connectivity index (χ1) is 30.1. The molecule has 62 heavy (non-hydrogen) atoms. The first-order valence-electron chi connectivity index (χ1n) is 27.3. The molecule has 0 unspecified atom stereocenters. The summed E-state index contributed by atoms with van der Waals surface area (Å²) in [4.78, 5) is 0. The van der Waals surface area contributed by atoms with Gasteiger partial charge in [0.25, 0.3) is 0 Å². The molecule has 0 spiro atoms. The van der Waals surface area contributed by atoms with Gasteiger partial charge >= 0.3 is 0 Å². The molecular weight excluding hydrogens is 745 g/mol. The Balaban J connectivity index is -0.000000204. The monoisotopic (exact) mass is 861 g/mol. The van der Waals surface area contributed by atoms with Gasteiger partial charge in [-0.2, -0.15) is 0 Å². The molecule has 0 aromatic heterocycles. The average molecular weight is 862 g/mol. The molecule has 3 rings (SSSR count). The van der Waals surface area contributed by atoms with Crippen LogP contribution in [0.5, 0.6) is 0 Å². The second kappa shape index (κ2) is 63.0. The maximum atomic E-state index is 2.26. The molecule has 0 fully saturated rings. The van der Waals surface area contributed by atoms with E-state index in [1.54, 1.807) is 0 Å². The molecule has 3 aromatic rings. The van der Waals surface area contributed by atoms with E-state index < -0.39 is 0 Å². The zero-order chi connectivity index (χ0) is 47.7. The van der Waals surface area contributed by atoms with Gasteiger partial charge in [0, 0.05) is 0 Å². The third-order valence-electron chi connectivity index (χ3n) is 10.4. The van der Waals surface area contributed by atoms with Gasteiger partial charge in [0.1, 0.15) is 0 Å². The van der Waals surface area contributed by atoms with Crippen LogP contribution in [-0.4, -0.2) is 0 Å². The van der Waals surface area contributed by atoms with Crippen molar-refractivity contribution < 1.29 is 0 Å². The third kappa shape index (κ3) is 62.0. The van der Waals surface area contributed by atoms with Gasteiger partial charge in [0.05, 0.1) is 0 Å². The van der Waals surface area contributed by atoms with Gasteiger partial charge in [-0.25, -0.2) is 0 Å². The number of benzene rings is 3. The molecule has 0 heteroatoms. The first-order valence-corrected chi connectivity index (χ1v) is 27.3. The van der Waals surface area contributed by atoms with Crippen molar-refractivity contribution in [1.82, 2.24) is 0 Å². The first kappa shape index (κ1) is 68.7. The molecule has 0 atom stereocenters. The van der Waals surface area contributed by atoms with E-state index in [2.05, 4.69) is 184 Å². The lowest BCUT2D eigenvalue weighted by molar-refractivity contribution is 0.624. The van der Waals surface area contributed by atoms with Crippen LogP contribution in [-0.2, 0) is 25.7 Å². The Hall–Kier alpha value is -2.34. The van der Waals surface area contributed by atoms with Gasteiger partial charge in [-0.15, -0.1) is 0 Å². The lowest BCUT2D eigenvalue weighted by atomic mass is 10.1. The Labute approximate surface area is 395 Å². The minimum atomic E-state index is 1.15. The van der Waals surface area contributed by atoms with E-state index in [1.807, 2.05) is 0 Å². The van der Waals surface area contributed by atoms with Crippen molar-refractivity contribution in [1.29, 1.82) is 0 Å². The molecule has 0 aliphatic carbocycles. The Morgan fingerprint density at radius 2 is 0.452 bits per heavy atom. The van der Waals surface area contributed by atoms with Gasteiger partial charge in [0.2, 0.25) is 0 Å². The van der Waals surface area contributed by atoms with Crippen molar-refractivity contribution in [3.63, 3.8) is 0 Å². The van der Waals surface area contributed by atoms with Gasteiger partial charge in [-0.3, -0.25) is 0 Å². The van der Waals surface area contributed by atoms with E-state index in [4.69, 9.17) is 0 Å². The molecule has 0 bridgehead atoms. The standard InChI is InChI=1S/2C11H16.C10H14.C8H18.C7H16.C6H14.C5H12.C4H10/c1-3-4-5-11-8-6-10(2)7-9-11;1-3-5-11-8-6-10(4-2)7-9-11;1-3-4-10-7-5-9(2)6-8-10;1-3-5-7-8-6-4-2;1-3-5-7-6-4-2;1-3-5-6-4-2;1-3-5-4-2;1-3-4-2/h2*6-9H,3-5H2,1-2H3;5-8H,3-4H2,1-2H3;3-8H2,1-2H3;3-7H2,1-2H3;3-6H2,1-2H3;3-5H2,1-2H3;3-4H2,1-2H3. The molecule has 0 N–H and O–H groups in total. The summed E-state index contributed by atoms with van der Waals surface area (Å²) in [7, 11) is 0. The highest BCUT2D eigenvalue weighted by Gasteiger charge is 1.92. The van der Waals surface area contributed by atoms with E-state index in [0.29, 0.717) is 0 Å². The predicted molar refractivity (Wildman–Crippen MR) is 294 cm³/mol. The SMILES string of the molecule is CCCC.CCCCC.CCCCCC.CCCCCCC.CCCCCCCC.CCCCc1ccc(C)cc1.CCCc1ccc(C)cc1.CCCc1ccc(CC)cc1. The summed E-state index contributed by atoms with van der Waals surface area (Å²) < 4.78 is 0. The van der Waals surface area contributed by atoms with Crippen molar-refractivity contribution >= 4 is 0 Å². The number of aryl methyl sites for hydroxylation is 6. The van der Waals surface area contributed by atoms with Gasteiger partial charge in [-0.1, -0.05) is 329 Å². The molecule has 0 saturated carbocycles. The molecule has 3 aromatic carbocycles. The van der Waals surface area contributed by atoms with E-state index in [9.17, 15) is 0 Å². The molecule has 0 aliphatic rings. The van der Waals surface area contributed by atoms with Crippen molar-refractivity contribution in [2.24, 2.45) is 0 Å². The summed E-state index contributed by atoms with van der Waals surface area (Å²) >= 11 is 0. The Morgan fingerprint density at radius 3 is 0.694 bits per heavy atom. The fourth-order valence-electron chi connectivity index (χ4n) is 5.79. The summed E-state index contributed by atoms with van der Waals surface area (Å²) in [5.74, 6) is 0. The minimum absolute atomic E-state index is 1.15. The van der Waals surface area contributed by atoms with Crippen LogP contribution >= 0.6 is 0 Å². The zero-order valence-corrected chi connectivity index (χ0v) is 45.7. The van der Waals surface area contributed by atoms with Crippen LogP contribution in [0.25, 0.3) is 0 Å². The van der Waals surface area contributed by atoms with Crippen molar-refractivity contribution in [2.75, 3.05) is 0 Å². The Bertz CT molecular complexity index is 1100. The van der Waals surface area contributed by atoms with E-state index in [0.717, 1.165) is 6.42 Å². The summed E-state index contributed by atoms with van der Waals surface area (Å²) in [6.45, 7) is 35.3. The van der Waals surface area contributed by atoms with Crippen LogP contribution in [0.3, 0.4) is 0 Å². The van der Waals surface area contributed by atoms with Crippen molar-refractivity contribution in [3.8, 4) is 0 Å². The lowest BCUT2D eigenvalue weighted by Gasteiger charge is -1.99. The molecule has 364 valence electrons. The normalized spacial score (nSPS) is 9.48. The van der Waals surface area contributed by atoms with Crippen LogP contribution in [0.15, 0.2) is 72.8 Å². The second-order valence-electron chi connectivity index (χ2n) is 17.3. The smallest absolute Gasteiger partial charge is 0.0279 e. The summed E-state index contributed by atoms with van der Waals surface area (Å²) in [5.41, 5.74) is 8.52. The molecule has 0 radical (unpaired) electrons. The molecule has 0 amide bonds. The minimum Gasteiger partial charge on any atom is -0.0654 e. The number of hydrogen-bond donors (Lipinski definition) is 0. The topological polar surface area (TPSA) is 0 Å². The highest BCUT2D eigenvalue weighted by atomic mass is 14.0. The second-order valence-corrected chi connectivity index (χ2v) is 17.3. The lowest BCUT2D eigenvalue weighted by Crippen LogP contribution is -1.84. The van der Waals surface area contributed by atoms with E-state index in [1.165, 1.54) is 207 Å². The maximum absolute atomic E-state index is 2.26. The van der Waals surface area contributed by atoms with Gasteiger partial charge in [-0.05, 0) is 68.2 Å². The summed E-state index contributed by atoms with van der Waals surface area (Å²) in [6, 6.07) is 26.5. The van der Waals surface area contributed by atoms with Crippen LogP contribution in [0.4, 0.5) is 0 Å². The van der Waals surface area contributed by atoms with Crippen LogP contribution in [0, 0.1) is 13.8 Å². The number of rotatable bonds is 23. The van der Waals surface area contributed by atoms with E-state index >= 15 is 0 Å². The van der Waals surface area contributed by atoms with Crippen LogP contribution in [0.2, 0.25) is 0 Å². The van der Waals surface area contributed by atoms with Gasteiger partial charge in [0.15, 0.2) is 0 Å². The average Bonchev–Trinajstić information content (AvgIpc) is 3.30. The molecular formula is C62H116. The van der Waals surface area contributed by atoms with Crippen LogP contribution < -0.4 is 0 Å². The third-order valence-corrected chi connectivity index (χ3v) is 10.4. The highest BCUT2D eigenvalue weighted by molar-refractivity contribution is 5.23. The fraction of sp³-hybridized carbons (Fsp3) is 0.710. The molecule has 0 saturated heterocycles. The van der Waals surface area contributed by atoms with Crippen molar-refractivity contribution in [2.45, 2.75) is 291 Å². The molecule has 0 heterocycles. The Morgan fingerprint density at radius 1 is 0.210 bits per heavy atom. The summed E-state index contributed by atoms with van der Waals surface area (Å²) in [5, 5.41) is 0. The molecule has 0 nitrogen and oxygen atoms in total. The van der Waals surface area contributed by atoms with Crippen molar-refractivity contribution in [3.05, 3.63) is 106 Å². The largest absolute Gasteiger partial charge is 0.0654 e. The summed E-state index contributed by atoms with van der Waals surface area (Å²) in [6.07, 6.45) is 37.6. The molecule has 0 aliphatic heterocycles. The zero-order valence-electron chi connectivity index (χ0n) is 45.7. The quantitative estimate of drug-likeness (QED) is 0.0834. The predicted octanol–water partition coefficient (Wildman–Crippen LogP) is 22.4. The number of unbranched alkanes of at least 4 members (excludes halogenated alkanes) is 16. The van der Waals surface area contributed by atoms with Gasteiger partial charge < -0.3 is 0 Å². The van der Waals surface area contributed by atoms with E-state index in [-0.39, 0.29) is 0 Å². The fourth-order valence-corrected chi connectivity index (χ4v) is 5.79. The number of hydrogen-bond acceptors (Lipinski definition) is 0.